The molecule has 0 amide bonds. The van der Waals surface area contributed by atoms with Crippen molar-refractivity contribution in [3.63, 3.8) is 0 Å². The van der Waals surface area contributed by atoms with Crippen LogP contribution in [0.5, 0.6) is 0 Å². The first-order chi connectivity index (χ1) is 14.7. The quantitative estimate of drug-likeness (QED) is 0.128. The van der Waals surface area contributed by atoms with Crippen LogP contribution < -0.4 is 0 Å². The minimum atomic E-state index is -8.32. The van der Waals surface area contributed by atoms with Gasteiger partial charge in [0, 0.05) is 11.3 Å². The average Bonchev–Trinajstić information content (AvgIpc) is 2.64. The van der Waals surface area contributed by atoms with Crippen molar-refractivity contribution >= 4 is 24.3 Å². The molecule has 0 spiro atoms. The molecule has 0 aromatic carbocycles. The Hall–Kier alpha value is -0.546. The average molecular weight is 614 g/mol. The van der Waals surface area contributed by atoms with Gasteiger partial charge in [-0.1, -0.05) is 0 Å². The Labute approximate surface area is 197 Å². The van der Waals surface area contributed by atoms with Gasteiger partial charge in [-0.25, -0.2) is 0 Å². The molecule has 0 aliphatic heterocycles. The van der Waals surface area contributed by atoms with Gasteiger partial charge in [0.25, 0.3) is 0 Å². The van der Waals surface area contributed by atoms with Gasteiger partial charge >= 0.3 is 77.4 Å². The molecule has 0 unspecified atom stereocenters. The summed E-state index contributed by atoms with van der Waals surface area (Å²) in [5.74, 6) is -47.4. The third-order valence-corrected chi connectivity index (χ3v) is 3.99. The molecule has 0 aliphatic rings. The number of nitrogens with zero attached hydrogens (tertiary/aromatic N) is 1. The molecular weight excluding hydrogens is 602 g/mol. The standard InChI is InChI=1S/C14H12F15NO.2ClH.Ti/c1-5(7(3)31)6(2)30-4-8(15,16)9(17,18)10(19,20)11(21,22)12(23,24)13(25,26)14(27,28)29;;;/h31H,4H2,1-3H3;2*1H;/q;;;+2/p-2/b7-5-,30-6?;;;. The fourth-order valence-electron chi connectivity index (χ4n) is 1.70. The molecule has 0 heterocycles. The molecule has 0 aliphatic carbocycles. The van der Waals surface area contributed by atoms with Crippen molar-refractivity contribution in [3.05, 3.63) is 11.3 Å². The number of allylic oxidation sites excluding steroid dienone is 2. The van der Waals surface area contributed by atoms with Crippen LogP contribution >= 0.6 is 18.6 Å². The van der Waals surface area contributed by atoms with E-state index in [1.165, 1.54) is 0 Å². The Morgan fingerprint density at radius 1 is 0.647 bits per heavy atom. The van der Waals surface area contributed by atoms with Crippen LogP contribution in [0.2, 0.25) is 0 Å². The number of alkyl halides is 15. The topological polar surface area (TPSA) is 32.6 Å². The molecule has 0 aromatic heterocycles. The van der Waals surface area contributed by atoms with E-state index in [0.29, 0.717) is 0 Å². The summed E-state index contributed by atoms with van der Waals surface area (Å²) in [7, 11) is 9.78. The SMILES string of the molecule is CC(=NCC(F)(F)C(F)(F)C(F)(F)C(F)(F)C(F)(F)C(F)(F)C(F)(F)F)/C(C)=C(/C)O.[Cl][Ti][Cl]. The van der Waals surface area contributed by atoms with Crippen LogP contribution in [0.3, 0.4) is 0 Å². The maximum absolute atomic E-state index is 13.6. The molecule has 20 heteroatoms. The van der Waals surface area contributed by atoms with E-state index in [1.807, 2.05) is 0 Å². The van der Waals surface area contributed by atoms with Gasteiger partial charge in [0.15, 0.2) is 0 Å². The van der Waals surface area contributed by atoms with Gasteiger partial charge in [-0.3, -0.25) is 4.99 Å². The number of aliphatic imine (C=N–C) groups is 1. The number of hydrogen-bond donors (Lipinski definition) is 1. The zero-order chi connectivity index (χ0) is 28.4. The number of rotatable bonds is 8. The van der Waals surface area contributed by atoms with Gasteiger partial charge < -0.3 is 5.11 Å². The molecule has 0 fully saturated rings. The molecule has 2 nitrogen and oxygen atoms in total. The monoisotopic (exact) mass is 613 g/mol. The Morgan fingerprint density at radius 3 is 1.24 bits per heavy atom. The zero-order valence-electron chi connectivity index (χ0n) is 16.5. The summed E-state index contributed by atoms with van der Waals surface area (Å²) in [6, 6.07) is 0. The van der Waals surface area contributed by atoms with Gasteiger partial charge in [0.1, 0.15) is 6.54 Å². The molecular formula is C14H12Cl2F15NOTi. The molecule has 202 valence electrons. The van der Waals surface area contributed by atoms with Crippen molar-refractivity contribution in [1.82, 2.24) is 0 Å². The summed E-state index contributed by atoms with van der Waals surface area (Å²) in [6.07, 6.45) is -7.64. The van der Waals surface area contributed by atoms with E-state index in [2.05, 4.69) is 4.99 Å². The fraction of sp³-hybridized carbons (Fsp3) is 0.786. The van der Waals surface area contributed by atoms with Crippen LogP contribution in [0, 0.1) is 0 Å². The molecule has 34 heavy (non-hydrogen) atoms. The van der Waals surface area contributed by atoms with Crippen molar-refractivity contribution in [3.8, 4) is 0 Å². The molecule has 0 saturated heterocycles. The van der Waals surface area contributed by atoms with E-state index in [0.717, 1.165) is 20.8 Å². The second-order valence-corrected chi connectivity index (χ2v) is 8.84. The summed E-state index contributed by atoms with van der Waals surface area (Å²) in [4.78, 5) is 2.60. The van der Waals surface area contributed by atoms with Gasteiger partial charge in [0.2, 0.25) is 0 Å². The van der Waals surface area contributed by atoms with Crippen LogP contribution in [0.1, 0.15) is 20.8 Å². The minimum absolute atomic E-state index is 0.382. The number of aliphatic hydroxyl groups is 1. The normalized spacial score (nSPS) is 15.9. The van der Waals surface area contributed by atoms with Crippen LogP contribution in [-0.4, -0.2) is 59.1 Å². The fourth-order valence-corrected chi connectivity index (χ4v) is 1.70. The number of aliphatic hydroxyl groups excluding tert-OH is 1. The molecule has 1 N–H and O–H groups in total. The molecule has 0 aromatic rings. The van der Waals surface area contributed by atoms with Crippen LogP contribution in [0.15, 0.2) is 16.3 Å². The number of halogens is 17. The van der Waals surface area contributed by atoms with Gasteiger partial charge in [0.05, 0.1) is 5.76 Å². The first kappa shape index (κ1) is 35.6. The van der Waals surface area contributed by atoms with Crippen molar-refractivity contribution < 1.29 is 88.0 Å². The van der Waals surface area contributed by atoms with Crippen molar-refractivity contribution in [2.24, 2.45) is 4.99 Å². The number of hydrogen-bond acceptors (Lipinski definition) is 2. The molecule has 0 atom stereocenters. The van der Waals surface area contributed by atoms with Crippen LogP contribution in [0.25, 0.3) is 0 Å². The molecule has 0 saturated carbocycles. The van der Waals surface area contributed by atoms with Gasteiger partial charge in [-0.15, -0.1) is 0 Å². The van der Waals surface area contributed by atoms with E-state index < -0.39 is 76.8 Å². The van der Waals surface area contributed by atoms with E-state index in [1.54, 1.807) is 0 Å². The van der Waals surface area contributed by atoms with Gasteiger partial charge in [-0.05, 0) is 20.8 Å². The van der Waals surface area contributed by atoms with E-state index in [4.69, 9.17) is 23.7 Å². The Kier molecular flexibility index (Phi) is 11.8. The summed E-state index contributed by atoms with van der Waals surface area (Å²) >= 11 is -0.556. The van der Waals surface area contributed by atoms with Crippen molar-refractivity contribution in [2.75, 3.05) is 6.54 Å². The first-order valence-corrected chi connectivity index (χ1v) is 12.1. The van der Waals surface area contributed by atoms with Crippen molar-refractivity contribution in [2.45, 2.75) is 62.5 Å². The molecule has 0 bridgehead atoms. The zero-order valence-corrected chi connectivity index (χ0v) is 19.6. The second kappa shape index (κ2) is 11.2. The molecule has 0 radical (unpaired) electrons. The predicted octanol–water partition coefficient (Wildman–Crippen LogP) is 8.05. The second-order valence-electron chi connectivity index (χ2n) is 6.26. The van der Waals surface area contributed by atoms with E-state index >= 15 is 0 Å². The predicted molar refractivity (Wildman–Crippen MR) is 86.4 cm³/mol. The first-order valence-electron chi connectivity index (χ1n) is 7.83. The van der Waals surface area contributed by atoms with E-state index in [-0.39, 0.29) is 5.57 Å². The van der Waals surface area contributed by atoms with Crippen LogP contribution in [-0.2, 0) is 17.0 Å². The van der Waals surface area contributed by atoms with Crippen molar-refractivity contribution in [1.29, 1.82) is 0 Å². The Balaban J connectivity index is 0. The summed E-state index contributed by atoms with van der Waals surface area (Å²) in [5.41, 5.74) is -1.12. The van der Waals surface area contributed by atoms with Crippen LogP contribution in [0.4, 0.5) is 65.9 Å². The third-order valence-electron chi connectivity index (χ3n) is 3.99. The van der Waals surface area contributed by atoms with Gasteiger partial charge in [-0.2, -0.15) is 65.9 Å². The Morgan fingerprint density at radius 2 is 0.941 bits per heavy atom. The Bertz CT molecular complexity index is 761. The van der Waals surface area contributed by atoms with E-state index in [9.17, 15) is 65.9 Å². The summed E-state index contributed by atoms with van der Waals surface area (Å²) in [6.45, 7) is -0.191. The molecule has 0 rings (SSSR count). The summed E-state index contributed by atoms with van der Waals surface area (Å²) in [5, 5.41) is 9.05. The maximum atomic E-state index is 13.6. The third kappa shape index (κ3) is 6.41. The summed E-state index contributed by atoms with van der Waals surface area (Å²) < 4.78 is 195.